The molecule has 0 fully saturated rings. The number of rotatable bonds is 2. The predicted molar refractivity (Wildman–Crippen MR) is 59.8 cm³/mol. The number of aliphatic hydroxyl groups is 1. The van der Waals surface area contributed by atoms with Crippen molar-refractivity contribution in [1.82, 2.24) is 4.98 Å². The number of aliphatic hydroxyl groups excluding tert-OH is 1. The molecule has 1 heterocycles. The first kappa shape index (κ1) is 10.1. The molecule has 0 aliphatic carbocycles. The van der Waals surface area contributed by atoms with E-state index in [0.717, 1.165) is 5.56 Å². The minimum Gasteiger partial charge on any atom is -0.384 e. The lowest BCUT2D eigenvalue weighted by atomic mass is 10.0. The molecule has 1 atom stereocenters. The van der Waals surface area contributed by atoms with Crippen molar-refractivity contribution < 1.29 is 5.11 Å². The maximum atomic E-state index is 10.0. The number of nitrogens with zero attached hydrogens (tertiary/aromatic N) is 1. The van der Waals surface area contributed by atoms with E-state index in [4.69, 9.17) is 11.6 Å². The summed E-state index contributed by atoms with van der Waals surface area (Å²) in [6.45, 7) is 0. The van der Waals surface area contributed by atoms with E-state index in [2.05, 4.69) is 4.98 Å². The topological polar surface area (TPSA) is 33.1 Å². The number of benzene rings is 1. The second-order valence-corrected chi connectivity index (χ2v) is 3.62. The summed E-state index contributed by atoms with van der Waals surface area (Å²) >= 11 is 5.99. The third-order valence-corrected chi connectivity index (χ3v) is 2.54. The highest BCUT2D eigenvalue weighted by Gasteiger charge is 2.12. The van der Waals surface area contributed by atoms with Crippen LogP contribution in [0.25, 0.3) is 0 Å². The van der Waals surface area contributed by atoms with Gasteiger partial charge in [-0.3, -0.25) is 4.98 Å². The van der Waals surface area contributed by atoms with Gasteiger partial charge in [-0.1, -0.05) is 35.9 Å². The van der Waals surface area contributed by atoms with Gasteiger partial charge >= 0.3 is 0 Å². The van der Waals surface area contributed by atoms with E-state index in [9.17, 15) is 5.11 Å². The summed E-state index contributed by atoms with van der Waals surface area (Å²) in [5.41, 5.74) is 1.44. The average molecular weight is 220 g/mol. The molecule has 0 amide bonds. The largest absolute Gasteiger partial charge is 0.384 e. The zero-order chi connectivity index (χ0) is 10.7. The summed E-state index contributed by atoms with van der Waals surface area (Å²) in [7, 11) is 0. The maximum Gasteiger partial charge on any atom is 0.107 e. The molecule has 0 saturated heterocycles. The lowest BCUT2D eigenvalue weighted by Crippen LogP contribution is -2.00. The molecule has 15 heavy (non-hydrogen) atoms. The first-order chi connectivity index (χ1) is 7.29. The molecule has 0 spiro atoms. The molecule has 1 N–H and O–H groups in total. The first-order valence-corrected chi connectivity index (χ1v) is 4.99. The molecule has 0 saturated carbocycles. The lowest BCUT2D eigenvalue weighted by Gasteiger charge is -2.12. The van der Waals surface area contributed by atoms with Crippen molar-refractivity contribution in [3.8, 4) is 0 Å². The summed E-state index contributed by atoms with van der Waals surface area (Å²) in [6, 6.07) is 10.9. The third-order valence-electron chi connectivity index (χ3n) is 2.20. The number of aromatic nitrogens is 1. The van der Waals surface area contributed by atoms with Crippen LogP contribution in [-0.2, 0) is 0 Å². The van der Waals surface area contributed by atoms with Crippen molar-refractivity contribution in [2.24, 2.45) is 0 Å². The highest BCUT2D eigenvalue weighted by atomic mass is 35.5. The summed E-state index contributed by atoms with van der Waals surface area (Å²) in [4.78, 5) is 3.96. The SMILES string of the molecule is OC(c1cccnc1)c1ccccc1Cl. The number of pyridine rings is 1. The Morgan fingerprint density at radius 1 is 1.13 bits per heavy atom. The van der Waals surface area contributed by atoms with Crippen LogP contribution in [0.5, 0.6) is 0 Å². The maximum absolute atomic E-state index is 10.0. The Morgan fingerprint density at radius 3 is 2.60 bits per heavy atom. The van der Waals surface area contributed by atoms with E-state index in [-0.39, 0.29) is 0 Å². The molecule has 3 heteroatoms. The molecule has 0 radical (unpaired) electrons. The number of hydrogen-bond donors (Lipinski definition) is 1. The van der Waals surface area contributed by atoms with E-state index >= 15 is 0 Å². The van der Waals surface area contributed by atoms with Crippen molar-refractivity contribution in [3.63, 3.8) is 0 Å². The fourth-order valence-electron chi connectivity index (χ4n) is 1.41. The van der Waals surface area contributed by atoms with Gasteiger partial charge in [-0.2, -0.15) is 0 Å². The monoisotopic (exact) mass is 219 g/mol. The van der Waals surface area contributed by atoms with Gasteiger partial charge in [0, 0.05) is 28.5 Å². The molecule has 1 aromatic heterocycles. The molecule has 0 aliphatic heterocycles. The molecule has 1 unspecified atom stereocenters. The summed E-state index contributed by atoms with van der Waals surface area (Å²) < 4.78 is 0. The van der Waals surface area contributed by atoms with E-state index < -0.39 is 6.10 Å². The highest BCUT2D eigenvalue weighted by Crippen LogP contribution is 2.27. The Labute approximate surface area is 93.2 Å². The smallest absolute Gasteiger partial charge is 0.107 e. The van der Waals surface area contributed by atoms with Gasteiger partial charge in [-0.05, 0) is 12.1 Å². The number of halogens is 1. The fraction of sp³-hybridized carbons (Fsp3) is 0.0833. The Bertz CT molecular complexity index is 444. The van der Waals surface area contributed by atoms with E-state index in [1.807, 2.05) is 18.2 Å². The van der Waals surface area contributed by atoms with Crippen LogP contribution in [0.4, 0.5) is 0 Å². The summed E-state index contributed by atoms with van der Waals surface area (Å²) in [6.07, 6.45) is 2.59. The fourth-order valence-corrected chi connectivity index (χ4v) is 1.65. The van der Waals surface area contributed by atoms with Gasteiger partial charge in [0.05, 0.1) is 0 Å². The van der Waals surface area contributed by atoms with Crippen LogP contribution in [-0.4, -0.2) is 10.1 Å². The Kier molecular flexibility index (Phi) is 2.99. The van der Waals surface area contributed by atoms with Crippen LogP contribution in [0.15, 0.2) is 48.8 Å². The van der Waals surface area contributed by atoms with Crippen LogP contribution in [0.1, 0.15) is 17.2 Å². The van der Waals surface area contributed by atoms with Crippen LogP contribution in [0, 0.1) is 0 Å². The number of hydrogen-bond acceptors (Lipinski definition) is 2. The minimum atomic E-state index is -0.715. The van der Waals surface area contributed by atoms with Crippen molar-refractivity contribution in [3.05, 3.63) is 64.9 Å². The standard InChI is InChI=1S/C12H10ClNO/c13-11-6-2-1-5-10(11)12(15)9-4-3-7-14-8-9/h1-8,12,15H. The lowest BCUT2D eigenvalue weighted by molar-refractivity contribution is 0.220. The van der Waals surface area contributed by atoms with E-state index in [1.54, 1.807) is 30.6 Å². The molecule has 2 nitrogen and oxygen atoms in total. The zero-order valence-electron chi connectivity index (χ0n) is 7.97. The summed E-state index contributed by atoms with van der Waals surface area (Å²) in [5, 5.41) is 10.6. The molecule has 2 aromatic rings. The second kappa shape index (κ2) is 4.43. The molecule has 0 bridgehead atoms. The Morgan fingerprint density at radius 2 is 1.93 bits per heavy atom. The predicted octanol–water partition coefficient (Wildman–Crippen LogP) is 2.82. The average Bonchev–Trinajstić information content (AvgIpc) is 2.30. The van der Waals surface area contributed by atoms with Crippen LogP contribution in [0.2, 0.25) is 5.02 Å². The van der Waals surface area contributed by atoms with Gasteiger partial charge in [0.25, 0.3) is 0 Å². The van der Waals surface area contributed by atoms with Gasteiger partial charge in [0.1, 0.15) is 6.10 Å². The first-order valence-electron chi connectivity index (χ1n) is 4.61. The van der Waals surface area contributed by atoms with Crippen molar-refractivity contribution in [2.45, 2.75) is 6.10 Å². The van der Waals surface area contributed by atoms with E-state index in [1.165, 1.54) is 0 Å². The Balaban J connectivity index is 2.37. The molecule has 1 aromatic carbocycles. The normalized spacial score (nSPS) is 12.4. The van der Waals surface area contributed by atoms with Crippen LogP contribution >= 0.6 is 11.6 Å². The van der Waals surface area contributed by atoms with Crippen molar-refractivity contribution >= 4 is 11.6 Å². The quantitative estimate of drug-likeness (QED) is 0.843. The second-order valence-electron chi connectivity index (χ2n) is 3.21. The summed E-state index contributed by atoms with van der Waals surface area (Å²) in [5.74, 6) is 0. The third kappa shape index (κ3) is 2.17. The van der Waals surface area contributed by atoms with Gasteiger partial charge in [-0.25, -0.2) is 0 Å². The molecule has 2 rings (SSSR count). The van der Waals surface area contributed by atoms with Gasteiger partial charge < -0.3 is 5.11 Å². The van der Waals surface area contributed by atoms with E-state index in [0.29, 0.717) is 10.6 Å². The highest BCUT2D eigenvalue weighted by molar-refractivity contribution is 6.31. The molecular weight excluding hydrogens is 210 g/mol. The zero-order valence-corrected chi connectivity index (χ0v) is 8.72. The molecular formula is C12H10ClNO. The van der Waals surface area contributed by atoms with Gasteiger partial charge in [0.2, 0.25) is 0 Å². The van der Waals surface area contributed by atoms with Crippen molar-refractivity contribution in [2.75, 3.05) is 0 Å². The molecule has 76 valence electrons. The van der Waals surface area contributed by atoms with Crippen LogP contribution in [0.3, 0.4) is 0 Å². The van der Waals surface area contributed by atoms with Crippen LogP contribution < -0.4 is 0 Å². The molecule has 0 aliphatic rings. The van der Waals surface area contributed by atoms with Gasteiger partial charge in [0.15, 0.2) is 0 Å². The van der Waals surface area contributed by atoms with Crippen molar-refractivity contribution in [1.29, 1.82) is 0 Å². The van der Waals surface area contributed by atoms with Gasteiger partial charge in [-0.15, -0.1) is 0 Å². The Hall–Kier alpha value is -1.38. The minimum absolute atomic E-state index is 0.564.